The van der Waals surface area contributed by atoms with Gasteiger partial charge >= 0.3 is 5.88 Å². The molecule has 0 atom stereocenters. The first kappa shape index (κ1) is 15.8. The average Bonchev–Trinajstić information content (AvgIpc) is 2.96. The first-order valence-electron chi connectivity index (χ1n) is 6.35. The van der Waals surface area contributed by atoms with Gasteiger partial charge in [-0.25, -0.2) is 0 Å². The van der Waals surface area contributed by atoms with Gasteiger partial charge in [-0.2, -0.15) is 0 Å². The number of amides is 1. The van der Waals surface area contributed by atoms with E-state index in [0.29, 0.717) is 17.3 Å². The molecule has 0 spiro atoms. The second kappa shape index (κ2) is 6.95. The Morgan fingerprint density at radius 3 is 2.82 bits per heavy atom. The van der Waals surface area contributed by atoms with E-state index >= 15 is 0 Å². The largest absolute Gasteiger partial charge is 0.492 e. The van der Waals surface area contributed by atoms with Gasteiger partial charge in [0.2, 0.25) is 0 Å². The third-order valence-electron chi connectivity index (χ3n) is 2.82. The van der Waals surface area contributed by atoms with Crippen molar-refractivity contribution < 1.29 is 18.9 Å². The molecule has 8 heteroatoms. The number of benzene rings is 1. The van der Waals surface area contributed by atoms with E-state index in [4.69, 9.17) is 20.8 Å². The van der Waals surface area contributed by atoms with Gasteiger partial charge in [0.05, 0.1) is 12.6 Å². The fraction of sp³-hybridized carbons (Fsp3) is 0.214. The predicted octanol–water partition coefficient (Wildman–Crippen LogP) is 2.99. The van der Waals surface area contributed by atoms with Crippen molar-refractivity contribution in [2.75, 3.05) is 20.2 Å². The number of hydrogen-bond donors (Lipinski definition) is 0. The van der Waals surface area contributed by atoms with Crippen LogP contribution in [0.15, 0.2) is 40.8 Å². The molecule has 1 aromatic heterocycles. The van der Waals surface area contributed by atoms with Gasteiger partial charge < -0.3 is 14.1 Å². The normalized spacial score (nSPS) is 10.3. The summed E-state index contributed by atoms with van der Waals surface area (Å²) in [7, 11) is 1.55. The number of likely N-dealkylation sites (N-methyl/N-ethyl adjacent to an activating group) is 1. The van der Waals surface area contributed by atoms with Crippen LogP contribution in [0.1, 0.15) is 10.6 Å². The van der Waals surface area contributed by atoms with Gasteiger partial charge in [-0.15, -0.1) is 0 Å². The summed E-state index contributed by atoms with van der Waals surface area (Å²) in [6.45, 7) is 0.547. The van der Waals surface area contributed by atoms with E-state index in [2.05, 4.69) is 0 Å². The summed E-state index contributed by atoms with van der Waals surface area (Å²) in [5.41, 5.74) is 0. The fourth-order valence-corrected chi connectivity index (χ4v) is 1.87. The fourth-order valence-electron chi connectivity index (χ4n) is 1.69. The Morgan fingerprint density at radius 1 is 1.41 bits per heavy atom. The summed E-state index contributed by atoms with van der Waals surface area (Å²) in [5.74, 6) is -0.409. The van der Waals surface area contributed by atoms with Crippen molar-refractivity contribution in [3.05, 3.63) is 57.3 Å². The second-order valence-corrected chi connectivity index (χ2v) is 4.86. The third-order valence-corrected chi connectivity index (χ3v) is 3.06. The van der Waals surface area contributed by atoms with E-state index < -0.39 is 16.7 Å². The van der Waals surface area contributed by atoms with Crippen LogP contribution >= 0.6 is 11.6 Å². The molecule has 0 unspecified atom stereocenters. The molecule has 2 aromatic rings. The van der Waals surface area contributed by atoms with Gasteiger partial charge in [0, 0.05) is 12.1 Å². The minimum atomic E-state index is -0.695. The molecule has 1 amide bonds. The Balaban J connectivity index is 1.87. The lowest BCUT2D eigenvalue weighted by atomic mass is 10.3. The molecular formula is C14H13ClN2O5. The lowest BCUT2D eigenvalue weighted by Gasteiger charge is -2.16. The van der Waals surface area contributed by atoms with Gasteiger partial charge in [-0.1, -0.05) is 17.7 Å². The Labute approximate surface area is 131 Å². The Kier molecular flexibility index (Phi) is 5.00. The van der Waals surface area contributed by atoms with Crippen LogP contribution in [0, 0.1) is 10.1 Å². The number of furan rings is 1. The molecule has 0 N–H and O–H groups in total. The zero-order valence-corrected chi connectivity index (χ0v) is 12.4. The van der Waals surface area contributed by atoms with Crippen LogP contribution in [0.2, 0.25) is 5.02 Å². The van der Waals surface area contributed by atoms with E-state index in [9.17, 15) is 14.9 Å². The molecule has 0 saturated heterocycles. The zero-order valence-electron chi connectivity index (χ0n) is 11.7. The van der Waals surface area contributed by atoms with E-state index in [0.717, 1.165) is 6.07 Å². The maximum Gasteiger partial charge on any atom is 0.433 e. The molecular weight excluding hydrogens is 312 g/mol. The molecule has 116 valence electrons. The number of nitro groups is 1. The SMILES string of the molecule is CN(CCOc1cccc(Cl)c1)C(=O)c1ccc([N+](=O)[O-])o1. The van der Waals surface area contributed by atoms with Gasteiger partial charge in [0.25, 0.3) is 5.91 Å². The summed E-state index contributed by atoms with van der Waals surface area (Å²) in [5, 5.41) is 11.1. The Hall–Kier alpha value is -2.54. The minimum absolute atomic E-state index is 0.0862. The first-order chi connectivity index (χ1) is 10.5. The summed E-state index contributed by atoms with van der Waals surface area (Å²) in [6, 6.07) is 9.32. The van der Waals surface area contributed by atoms with Crippen LogP contribution in [-0.4, -0.2) is 35.9 Å². The summed E-state index contributed by atoms with van der Waals surface area (Å²) in [6.07, 6.45) is 0. The van der Waals surface area contributed by atoms with Crippen LogP contribution in [0.25, 0.3) is 0 Å². The lowest BCUT2D eigenvalue weighted by molar-refractivity contribution is -0.402. The minimum Gasteiger partial charge on any atom is -0.492 e. The smallest absolute Gasteiger partial charge is 0.433 e. The van der Waals surface area contributed by atoms with Crippen molar-refractivity contribution in [1.29, 1.82) is 0 Å². The van der Waals surface area contributed by atoms with E-state index in [-0.39, 0.29) is 12.4 Å². The van der Waals surface area contributed by atoms with E-state index in [1.54, 1.807) is 31.3 Å². The molecule has 1 heterocycles. The molecule has 7 nitrogen and oxygen atoms in total. The number of carbonyl (C=O) groups is 1. The standard InChI is InChI=1S/C14H13ClN2O5/c1-16(7-8-21-11-4-2-3-10(15)9-11)14(18)12-5-6-13(22-12)17(19)20/h2-6,9H,7-8H2,1H3. The van der Waals surface area contributed by atoms with Gasteiger partial charge in [-0.3, -0.25) is 14.9 Å². The van der Waals surface area contributed by atoms with Crippen LogP contribution in [0.5, 0.6) is 5.75 Å². The van der Waals surface area contributed by atoms with Gasteiger partial charge in [-0.05, 0) is 24.3 Å². The zero-order chi connectivity index (χ0) is 16.1. The maximum atomic E-state index is 12.0. The summed E-state index contributed by atoms with van der Waals surface area (Å²) in [4.78, 5) is 23.2. The quantitative estimate of drug-likeness (QED) is 0.602. The van der Waals surface area contributed by atoms with Crippen molar-refractivity contribution >= 4 is 23.4 Å². The van der Waals surface area contributed by atoms with E-state index in [1.165, 1.54) is 11.0 Å². The predicted molar refractivity (Wildman–Crippen MR) is 79.3 cm³/mol. The summed E-state index contributed by atoms with van der Waals surface area (Å²) >= 11 is 5.83. The number of halogens is 1. The molecule has 22 heavy (non-hydrogen) atoms. The highest BCUT2D eigenvalue weighted by Gasteiger charge is 2.20. The first-order valence-corrected chi connectivity index (χ1v) is 6.73. The average molecular weight is 325 g/mol. The van der Waals surface area contributed by atoms with Crippen molar-refractivity contribution in [2.24, 2.45) is 0 Å². The third kappa shape index (κ3) is 3.98. The highest BCUT2D eigenvalue weighted by Crippen LogP contribution is 2.18. The molecule has 0 aliphatic carbocycles. The highest BCUT2D eigenvalue weighted by molar-refractivity contribution is 6.30. The van der Waals surface area contributed by atoms with Crippen LogP contribution < -0.4 is 4.74 Å². The van der Waals surface area contributed by atoms with Crippen molar-refractivity contribution in [3.8, 4) is 5.75 Å². The number of carbonyl (C=O) groups excluding carboxylic acids is 1. The maximum absolute atomic E-state index is 12.0. The van der Waals surface area contributed by atoms with Crippen LogP contribution in [-0.2, 0) is 0 Å². The number of ether oxygens (including phenoxy) is 1. The molecule has 0 fully saturated rings. The molecule has 0 bridgehead atoms. The number of rotatable bonds is 6. The Bertz CT molecular complexity index is 685. The molecule has 0 radical (unpaired) electrons. The molecule has 1 aromatic carbocycles. The lowest BCUT2D eigenvalue weighted by Crippen LogP contribution is -2.30. The highest BCUT2D eigenvalue weighted by atomic mass is 35.5. The second-order valence-electron chi connectivity index (χ2n) is 4.43. The molecule has 2 rings (SSSR count). The van der Waals surface area contributed by atoms with Crippen molar-refractivity contribution in [3.63, 3.8) is 0 Å². The van der Waals surface area contributed by atoms with Crippen LogP contribution in [0.4, 0.5) is 5.88 Å². The summed E-state index contributed by atoms with van der Waals surface area (Å²) < 4.78 is 10.3. The topological polar surface area (TPSA) is 85.8 Å². The molecule has 0 aliphatic heterocycles. The molecule has 0 aliphatic rings. The Morgan fingerprint density at radius 2 is 2.18 bits per heavy atom. The van der Waals surface area contributed by atoms with Crippen LogP contribution in [0.3, 0.4) is 0 Å². The van der Waals surface area contributed by atoms with Gasteiger partial charge in [0.15, 0.2) is 5.76 Å². The number of nitrogens with zero attached hydrogens (tertiary/aromatic N) is 2. The molecule has 0 saturated carbocycles. The van der Waals surface area contributed by atoms with Crippen molar-refractivity contribution in [2.45, 2.75) is 0 Å². The van der Waals surface area contributed by atoms with E-state index in [1.807, 2.05) is 0 Å². The monoisotopic (exact) mass is 324 g/mol. The van der Waals surface area contributed by atoms with Crippen molar-refractivity contribution in [1.82, 2.24) is 4.90 Å². The number of hydrogen-bond acceptors (Lipinski definition) is 5. The van der Waals surface area contributed by atoms with Gasteiger partial charge in [0.1, 0.15) is 17.3 Å².